The second kappa shape index (κ2) is 5.77. The van der Waals surface area contributed by atoms with E-state index in [2.05, 4.69) is 4.98 Å². The van der Waals surface area contributed by atoms with Crippen molar-refractivity contribution in [2.45, 2.75) is 6.10 Å². The van der Waals surface area contributed by atoms with Crippen molar-refractivity contribution < 1.29 is 10.2 Å². The van der Waals surface area contributed by atoms with Crippen molar-refractivity contribution in [3.05, 3.63) is 84.2 Å². The summed E-state index contributed by atoms with van der Waals surface area (Å²) < 4.78 is 0. The molecule has 21 heavy (non-hydrogen) atoms. The number of aliphatic hydroxyl groups is 1. The van der Waals surface area contributed by atoms with Gasteiger partial charge in [-0.1, -0.05) is 36.4 Å². The highest BCUT2D eigenvalue weighted by Crippen LogP contribution is 2.26. The predicted octanol–water partition coefficient (Wildman–Crippen LogP) is 3.54. The number of rotatable bonds is 3. The first-order valence-electron chi connectivity index (χ1n) is 6.71. The molecule has 104 valence electrons. The van der Waals surface area contributed by atoms with E-state index in [1.54, 1.807) is 36.7 Å². The first-order chi connectivity index (χ1) is 10.2. The van der Waals surface area contributed by atoms with E-state index in [4.69, 9.17) is 0 Å². The fraction of sp³-hybridized carbons (Fsp3) is 0.0556. The zero-order chi connectivity index (χ0) is 14.7. The number of aliphatic hydroxyl groups excluding tert-OH is 1. The zero-order valence-electron chi connectivity index (χ0n) is 11.3. The van der Waals surface area contributed by atoms with Crippen LogP contribution in [0.4, 0.5) is 0 Å². The van der Waals surface area contributed by atoms with Gasteiger partial charge in [-0.25, -0.2) is 0 Å². The third kappa shape index (κ3) is 2.93. The topological polar surface area (TPSA) is 53.4 Å². The summed E-state index contributed by atoms with van der Waals surface area (Å²) in [4.78, 5) is 3.95. The number of hydrogen-bond donors (Lipinski definition) is 2. The van der Waals surface area contributed by atoms with Gasteiger partial charge in [0.15, 0.2) is 0 Å². The lowest BCUT2D eigenvalue weighted by molar-refractivity contribution is 0.220. The lowest BCUT2D eigenvalue weighted by atomic mass is 9.99. The van der Waals surface area contributed by atoms with E-state index in [0.717, 1.165) is 22.3 Å². The van der Waals surface area contributed by atoms with Crippen LogP contribution in [0.2, 0.25) is 0 Å². The molecule has 0 aliphatic heterocycles. The fourth-order valence-electron chi connectivity index (χ4n) is 2.25. The van der Waals surface area contributed by atoms with Crippen molar-refractivity contribution >= 4 is 0 Å². The summed E-state index contributed by atoms with van der Waals surface area (Å²) in [5.74, 6) is 0.253. The summed E-state index contributed by atoms with van der Waals surface area (Å²) in [5.41, 5.74) is 3.73. The van der Waals surface area contributed by atoms with Gasteiger partial charge in [-0.15, -0.1) is 0 Å². The van der Waals surface area contributed by atoms with Crippen molar-refractivity contribution in [2.75, 3.05) is 0 Å². The smallest absolute Gasteiger partial charge is 0.115 e. The van der Waals surface area contributed by atoms with Crippen LogP contribution in [0.5, 0.6) is 5.75 Å². The quantitative estimate of drug-likeness (QED) is 0.770. The van der Waals surface area contributed by atoms with Crippen molar-refractivity contribution in [3.63, 3.8) is 0 Å². The molecule has 1 heterocycles. The van der Waals surface area contributed by atoms with Gasteiger partial charge in [0.2, 0.25) is 0 Å². The minimum Gasteiger partial charge on any atom is -0.508 e. The van der Waals surface area contributed by atoms with Crippen molar-refractivity contribution in [3.8, 4) is 16.9 Å². The highest BCUT2D eigenvalue weighted by Gasteiger charge is 2.10. The molecular weight excluding hydrogens is 262 g/mol. The number of aromatic nitrogens is 1. The lowest BCUT2D eigenvalue weighted by Crippen LogP contribution is -1.99. The largest absolute Gasteiger partial charge is 0.508 e. The summed E-state index contributed by atoms with van der Waals surface area (Å²) in [6, 6.07) is 18.4. The van der Waals surface area contributed by atoms with Gasteiger partial charge >= 0.3 is 0 Å². The summed E-state index contributed by atoms with van der Waals surface area (Å²) in [6.07, 6.45) is 2.69. The Morgan fingerprint density at radius 1 is 0.667 bits per heavy atom. The summed E-state index contributed by atoms with van der Waals surface area (Å²) in [5, 5.41) is 19.6. The molecule has 3 aromatic rings. The van der Waals surface area contributed by atoms with E-state index in [0.29, 0.717) is 0 Å². The van der Waals surface area contributed by atoms with Crippen LogP contribution in [-0.2, 0) is 0 Å². The first kappa shape index (κ1) is 13.3. The number of aromatic hydroxyl groups is 1. The van der Waals surface area contributed by atoms with Crippen LogP contribution in [0.25, 0.3) is 11.1 Å². The molecule has 0 aliphatic carbocycles. The number of nitrogens with zero attached hydrogens (tertiary/aromatic N) is 1. The second-order valence-corrected chi connectivity index (χ2v) is 4.85. The van der Waals surface area contributed by atoms with Gasteiger partial charge in [-0.05, 0) is 46.5 Å². The summed E-state index contributed by atoms with van der Waals surface area (Å²) in [7, 11) is 0. The van der Waals surface area contributed by atoms with Gasteiger partial charge in [0.1, 0.15) is 11.9 Å². The molecule has 0 fully saturated rings. The molecule has 1 aromatic heterocycles. The number of phenolic OH excluding ortho intramolecular Hbond substituents is 1. The number of pyridine rings is 1. The van der Waals surface area contributed by atoms with Crippen LogP contribution in [-0.4, -0.2) is 15.2 Å². The maximum Gasteiger partial charge on any atom is 0.115 e. The molecule has 3 heteroatoms. The monoisotopic (exact) mass is 277 g/mol. The van der Waals surface area contributed by atoms with E-state index in [-0.39, 0.29) is 5.75 Å². The molecule has 1 unspecified atom stereocenters. The van der Waals surface area contributed by atoms with Crippen LogP contribution in [0.15, 0.2) is 73.1 Å². The van der Waals surface area contributed by atoms with E-state index in [9.17, 15) is 10.2 Å². The van der Waals surface area contributed by atoms with Crippen molar-refractivity contribution in [2.24, 2.45) is 0 Å². The maximum absolute atomic E-state index is 10.3. The van der Waals surface area contributed by atoms with Crippen LogP contribution in [0.3, 0.4) is 0 Å². The molecule has 0 amide bonds. The van der Waals surface area contributed by atoms with E-state index >= 15 is 0 Å². The van der Waals surface area contributed by atoms with Crippen LogP contribution in [0.1, 0.15) is 17.2 Å². The molecule has 3 rings (SSSR count). The average Bonchev–Trinajstić information content (AvgIpc) is 2.56. The molecule has 3 nitrogen and oxygen atoms in total. The van der Waals surface area contributed by atoms with E-state index in [1.165, 1.54) is 0 Å². The molecule has 0 saturated carbocycles. The Labute approximate surface area is 123 Å². The Balaban J connectivity index is 1.85. The standard InChI is InChI=1S/C18H15NO2/c20-17-7-5-14(6-8-17)13-1-3-15(4-2-13)18(21)16-9-11-19-12-10-16/h1-12,18,20-21H. The molecule has 1 atom stereocenters. The number of phenols is 1. The Morgan fingerprint density at radius 2 is 1.14 bits per heavy atom. The zero-order valence-corrected chi connectivity index (χ0v) is 11.3. The maximum atomic E-state index is 10.3. The Kier molecular flexibility index (Phi) is 3.67. The molecule has 0 bridgehead atoms. The SMILES string of the molecule is Oc1ccc(-c2ccc(C(O)c3ccncc3)cc2)cc1. The molecule has 0 radical (unpaired) electrons. The van der Waals surface area contributed by atoms with Gasteiger partial charge in [-0.2, -0.15) is 0 Å². The Hall–Kier alpha value is -2.65. The number of hydrogen-bond acceptors (Lipinski definition) is 3. The van der Waals surface area contributed by atoms with Crippen molar-refractivity contribution in [1.29, 1.82) is 0 Å². The minimum atomic E-state index is -0.651. The molecule has 0 aliphatic rings. The summed E-state index contributed by atoms with van der Waals surface area (Å²) >= 11 is 0. The predicted molar refractivity (Wildman–Crippen MR) is 81.8 cm³/mol. The minimum absolute atomic E-state index is 0.253. The summed E-state index contributed by atoms with van der Waals surface area (Å²) in [6.45, 7) is 0. The van der Waals surface area contributed by atoms with Gasteiger partial charge in [0, 0.05) is 12.4 Å². The van der Waals surface area contributed by atoms with Gasteiger partial charge < -0.3 is 10.2 Å². The van der Waals surface area contributed by atoms with Crippen LogP contribution >= 0.6 is 0 Å². The van der Waals surface area contributed by atoms with Crippen molar-refractivity contribution in [1.82, 2.24) is 4.98 Å². The van der Waals surface area contributed by atoms with E-state index in [1.807, 2.05) is 36.4 Å². The Bertz CT molecular complexity index is 706. The third-order valence-corrected chi connectivity index (χ3v) is 3.45. The molecule has 0 spiro atoms. The van der Waals surface area contributed by atoms with Gasteiger partial charge in [-0.3, -0.25) is 4.98 Å². The Morgan fingerprint density at radius 3 is 1.71 bits per heavy atom. The molecular formula is C18H15NO2. The first-order valence-corrected chi connectivity index (χ1v) is 6.71. The normalized spacial score (nSPS) is 12.0. The third-order valence-electron chi connectivity index (χ3n) is 3.45. The fourth-order valence-corrected chi connectivity index (χ4v) is 2.25. The van der Waals surface area contributed by atoms with Crippen LogP contribution in [0, 0.1) is 0 Å². The second-order valence-electron chi connectivity index (χ2n) is 4.85. The highest BCUT2D eigenvalue weighted by molar-refractivity contribution is 5.64. The van der Waals surface area contributed by atoms with Gasteiger partial charge in [0.05, 0.1) is 0 Å². The average molecular weight is 277 g/mol. The highest BCUT2D eigenvalue weighted by atomic mass is 16.3. The van der Waals surface area contributed by atoms with E-state index < -0.39 is 6.10 Å². The molecule has 2 aromatic carbocycles. The molecule has 2 N–H and O–H groups in total. The van der Waals surface area contributed by atoms with Crippen LogP contribution < -0.4 is 0 Å². The van der Waals surface area contributed by atoms with Gasteiger partial charge in [0.25, 0.3) is 0 Å². The number of benzene rings is 2. The lowest BCUT2D eigenvalue weighted by Gasteiger charge is -2.12. The molecule has 0 saturated heterocycles.